The van der Waals surface area contributed by atoms with E-state index in [0.29, 0.717) is 6.42 Å². The van der Waals surface area contributed by atoms with Crippen LogP contribution in [-0.2, 0) is 19.4 Å². The van der Waals surface area contributed by atoms with Crippen molar-refractivity contribution in [2.45, 2.75) is 39.2 Å². The van der Waals surface area contributed by atoms with E-state index in [0.717, 1.165) is 19.6 Å². The quantitative estimate of drug-likeness (QED) is 0.774. The minimum absolute atomic E-state index is 0.624. The Bertz CT molecular complexity index is 417. The molecule has 0 saturated carbocycles. The van der Waals surface area contributed by atoms with Crippen LogP contribution in [0.25, 0.3) is 0 Å². The van der Waals surface area contributed by atoms with E-state index in [1.54, 1.807) is 5.56 Å². The van der Waals surface area contributed by atoms with Crippen molar-refractivity contribution in [1.29, 1.82) is 5.26 Å². The van der Waals surface area contributed by atoms with E-state index in [4.69, 9.17) is 5.26 Å². The van der Waals surface area contributed by atoms with Gasteiger partial charge < -0.3 is 0 Å². The summed E-state index contributed by atoms with van der Waals surface area (Å²) in [5.41, 5.74) is 4.47. The average molecular weight is 228 g/mol. The Morgan fingerprint density at radius 1 is 1.29 bits per heavy atom. The lowest BCUT2D eigenvalue weighted by Gasteiger charge is -2.19. The fourth-order valence-electron chi connectivity index (χ4n) is 2.54. The van der Waals surface area contributed by atoms with Crippen LogP contribution in [0.2, 0.25) is 0 Å². The van der Waals surface area contributed by atoms with E-state index < -0.39 is 0 Å². The molecule has 1 aromatic rings. The smallest absolute Gasteiger partial charge is 0.0635 e. The van der Waals surface area contributed by atoms with Gasteiger partial charge in [-0.25, -0.2) is 0 Å². The molecule has 1 aromatic carbocycles. The maximum absolute atomic E-state index is 8.63. The Morgan fingerprint density at radius 2 is 2.12 bits per heavy atom. The first-order valence-electron chi connectivity index (χ1n) is 6.53. The van der Waals surface area contributed by atoms with E-state index in [1.165, 1.54) is 30.4 Å². The Kier molecular flexibility index (Phi) is 4.17. The second kappa shape index (κ2) is 5.84. The van der Waals surface area contributed by atoms with Gasteiger partial charge >= 0.3 is 0 Å². The zero-order chi connectivity index (χ0) is 12.1. The van der Waals surface area contributed by atoms with Crippen LogP contribution < -0.4 is 0 Å². The molecule has 0 saturated heterocycles. The number of nitrogens with zero attached hydrogens (tertiary/aromatic N) is 2. The molecule has 0 unspecified atom stereocenters. The van der Waals surface area contributed by atoms with Crippen LogP contribution in [0.15, 0.2) is 18.2 Å². The van der Waals surface area contributed by atoms with E-state index in [9.17, 15) is 0 Å². The van der Waals surface area contributed by atoms with Gasteiger partial charge in [0, 0.05) is 19.5 Å². The first-order chi connectivity index (χ1) is 8.33. The SMILES string of the molecule is CCN(CCC#N)Cc1ccc2c(c1)CCC2. The zero-order valence-corrected chi connectivity index (χ0v) is 10.6. The fraction of sp³-hybridized carbons (Fsp3) is 0.533. The number of nitriles is 1. The summed E-state index contributed by atoms with van der Waals surface area (Å²) in [6, 6.07) is 9.11. The molecule has 1 aliphatic carbocycles. The summed E-state index contributed by atoms with van der Waals surface area (Å²) in [6.45, 7) is 5.03. The molecule has 17 heavy (non-hydrogen) atoms. The van der Waals surface area contributed by atoms with Crippen molar-refractivity contribution < 1.29 is 0 Å². The van der Waals surface area contributed by atoms with E-state index >= 15 is 0 Å². The van der Waals surface area contributed by atoms with Crippen molar-refractivity contribution in [3.8, 4) is 6.07 Å². The lowest BCUT2D eigenvalue weighted by molar-refractivity contribution is 0.286. The van der Waals surface area contributed by atoms with Gasteiger partial charge in [-0.1, -0.05) is 25.1 Å². The molecule has 0 aliphatic heterocycles. The summed E-state index contributed by atoms with van der Waals surface area (Å²) in [7, 11) is 0. The summed E-state index contributed by atoms with van der Waals surface area (Å²) in [4.78, 5) is 2.33. The second-order valence-electron chi connectivity index (χ2n) is 4.73. The summed E-state index contributed by atoms with van der Waals surface area (Å²) in [6.07, 6.45) is 4.43. The maximum Gasteiger partial charge on any atom is 0.0635 e. The highest BCUT2D eigenvalue weighted by Crippen LogP contribution is 2.23. The molecule has 0 bridgehead atoms. The highest BCUT2D eigenvalue weighted by atomic mass is 15.1. The Balaban J connectivity index is 2.00. The molecule has 0 radical (unpaired) electrons. The van der Waals surface area contributed by atoms with Gasteiger partial charge in [-0.15, -0.1) is 0 Å². The molecule has 2 nitrogen and oxygen atoms in total. The number of benzene rings is 1. The molecule has 0 amide bonds. The third kappa shape index (κ3) is 3.08. The minimum Gasteiger partial charge on any atom is -0.298 e. The average Bonchev–Trinajstić information content (AvgIpc) is 2.81. The minimum atomic E-state index is 0.624. The van der Waals surface area contributed by atoms with Crippen LogP contribution in [0.4, 0.5) is 0 Å². The first-order valence-corrected chi connectivity index (χ1v) is 6.53. The van der Waals surface area contributed by atoms with Crippen molar-refractivity contribution in [3.63, 3.8) is 0 Å². The predicted octanol–water partition coefficient (Wildman–Crippen LogP) is 2.91. The molecule has 0 N–H and O–H groups in total. The number of hydrogen-bond acceptors (Lipinski definition) is 2. The molecule has 0 fully saturated rings. The Hall–Kier alpha value is -1.33. The highest BCUT2D eigenvalue weighted by Gasteiger charge is 2.11. The number of rotatable bonds is 5. The van der Waals surface area contributed by atoms with Gasteiger partial charge in [0.25, 0.3) is 0 Å². The molecule has 0 spiro atoms. The van der Waals surface area contributed by atoms with Crippen LogP contribution in [0.1, 0.15) is 36.5 Å². The fourth-order valence-corrected chi connectivity index (χ4v) is 2.54. The molecule has 2 rings (SSSR count). The van der Waals surface area contributed by atoms with E-state index in [2.05, 4.69) is 36.1 Å². The second-order valence-corrected chi connectivity index (χ2v) is 4.73. The molecule has 90 valence electrons. The third-order valence-corrected chi connectivity index (χ3v) is 3.56. The molecule has 0 aromatic heterocycles. The van der Waals surface area contributed by atoms with Crippen molar-refractivity contribution in [2.24, 2.45) is 0 Å². The van der Waals surface area contributed by atoms with E-state index in [-0.39, 0.29) is 0 Å². The lowest BCUT2D eigenvalue weighted by Crippen LogP contribution is -2.23. The first kappa shape index (κ1) is 12.1. The van der Waals surface area contributed by atoms with Crippen LogP contribution >= 0.6 is 0 Å². The zero-order valence-electron chi connectivity index (χ0n) is 10.6. The van der Waals surface area contributed by atoms with Crippen molar-refractivity contribution in [2.75, 3.05) is 13.1 Å². The largest absolute Gasteiger partial charge is 0.298 e. The highest BCUT2D eigenvalue weighted by molar-refractivity contribution is 5.35. The molecular weight excluding hydrogens is 208 g/mol. The standard InChI is InChI=1S/C15H20N2/c1-2-17(10-4-9-16)12-13-7-8-14-5-3-6-15(14)11-13/h7-8,11H,2-6,10,12H2,1H3. The van der Waals surface area contributed by atoms with Gasteiger partial charge in [-0.2, -0.15) is 5.26 Å². The molecule has 0 heterocycles. The topological polar surface area (TPSA) is 27.0 Å². The molecule has 2 heteroatoms. The van der Waals surface area contributed by atoms with Crippen LogP contribution in [0, 0.1) is 11.3 Å². The monoisotopic (exact) mass is 228 g/mol. The van der Waals surface area contributed by atoms with Gasteiger partial charge in [0.15, 0.2) is 0 Å². The summed E-state index contributed by atoms with van der Waals surface area (Å²) in [5.74, 6) is 0. The lowest BCUT2D eigenvalue weighted by atomic mass is 10.1. The van der Waals surface area contributed by atoms with Gasteiger partial charge in [-0.05, 0) is 42.5 Å². The number of aryl methyl sites for hydroxylation is 2. The number of fused-ring (bicyclic) bond motifs is 1. The molecular formula is C15H20N2. The van der Waals surface area contributed by atoms with Crippen LogP contribution in [-0.4, -0.2) is 18.0 Å². The summed E-state index contributed by atoms with van der Waals surface area (Å²) < 4.78 is 0. The van der Waals surface area contributed by atoms with Crippen molar-refractivity contribution in [3.05, 3.63) is 34.9 Å². The normalized spacial score (nSPS) is 13.7. The van der Waals surface area contributed by atoms with Gasteiger partial charge in [0.05, 0.1) is 6.07 Å². The Labute approximate surface area is 104 Å². The molecule has 1 aliphatic rings. The molecule has 0 atom stereocenters. The third-order valence-electron chi connectivity index (χ3n) is 3.56. The Morgan fingerprint density at radius 3 is 2.88 bits per heavy atom. The predicted molar refractivity (Wildman–Crippen MR) is 69.6 cm³/mol. The van der Waals surface area contributed by atoms with Crippen molar-refractivity contribution in [1.82, 2.24) is 4.90 Å². The van der Waals surface area contributed by atoms with Crippen LogP contribution in [0.5, 0.6) is 0 Å². The van der Waals surface area contributed by atoms with E-state index in [1.807, 2.05) is 0 Å². The maximum atomic E-state index is 8.63. The van der Waals surface area contributed by atoms with Gasteiger partial charge in [0.1, 0.15) is 0 Å². The number of hydrogen-bond donors (Lipinski definition) is 0. The summed E-state index contributed by atoms with van der Waals surface area (Å²) in [5, 5.41) is 8.63. The van der Waals surface area contributed by atoms with Crippen molar-refractivity contribution >= 4 is 0 Å². The van der Waals surface area contributed by atoms with Gasteiger partial charge in [-0.3, -0.25) is 4.90 Å². The van der Waals surface area contributed by atoms with Crippen LogP contribution in [0.3, 0.4) is 0 Å². The van der Waals surface area contributed by atoms with Gasteiger partial charge in [0.2, 0.25) is 0 Å². The summed E-state index contributed by atoms with van der Waals surface area (Å²) >= 11 is 0.